The van der Waals surface area contributed by atoms with Gasteiger partial charge in [-0.3, -0.25) is 9.59 Å². The number of carbonyl (C=O) groups excluding carboxylic acids is 2. The molecule has 26 heavy (non-hydrogen) atoms. The average Bonchev–Trinajstić information content (AvgIpc) is 3.08. The number of benzene rings is 1. The zero-order valence-corrected chi connectivity index (χ0v) is 15.3. The Morgan fingerprint density at radius 1 is 1.38 bits per heavy atom. The van der Waals surface area contributed by atoms with Crippen molar-refractivity contribution in [2.45, 2.75) is 51.6 Å². The zero-order valence-electron chi connectivity index (χ0n) is 15.3. The van der Waals surface area contributed by atoms with Gasteiger partial charge in [-0.05, 0) is 36.8 Å². The fourth-order valence-corrected chi connectivity index (χ4v) is 3.37. The maximum atomic E-state index is 14.0. The fraction of sp³-hybridized carbons (Fsp3) is 0.579. The highest BCUT2D eigenvalue weighted by molar-refractivity contribution is 5.88. The number of nitrogens with one attached hydrogen (secondary N) is 1. The van der Waals surface area contributed by atoms with Crippen LogP contribution in [0.2, 0.25) is 0 Å². The highest BCUT2D eigenvalue weighted by atomic mass is 19.1. The Kier molecular flexibility index (Phi) is 7.08. The van der Waals surface area contributed by atoms with Gasteiger partial charge in [0.1, 0.15) is 17.7 Å². The third-order valence-electron chi connectivity index (χ3n) is 5.11. The van der Waals surface area contributed by atoms with Crippen LogP contribution in [0.15, 0.2) is 18.2 Å². The Bertz CT molecular complexity index is 654. The topological polar surface area (TPSA) is 75.4 Å². The molecule has 0 saturated carbocycles. The number of nitrogens with zero attached hydrogens (tertiary/aromatic N) is 1. The van der Waals surface area contributed by atoms with Crippen molar-refractivity contribution in [3.8, 4) is 0 Å². The zero-order chi connectivity index (χ0) is 19.3. The quantitative estimate of drug-likeness (QED) is 0.774. The van der Waals surface area contributed by atoms with Crippen LogP contribution in [0, 0.1) is 17.6 Å². The highest BCUT2D eigenvalue weighted by Gasteiger charge is 2.36. The second-order valence-electron chi connectivity index (χ2n) is 6.90. The van der Waals surface area contributed by atoms with E-state index < -0.39 is 17.7 Å². The van der Waals surface area contributed by atoms with Gasteiger partial charge in [0.25, 0.3) is 0 Å². The van der Waals surface area contributed by atoms with Crippen molar-refractivity contribution in [3.63, 3.8) is 0 Å². The second kappa shape index (κ2) is 9.07. The number of hydrogen-bond donors (Lipinski definition) is 2. The third-order valence-corrected chi connectivity index (χ3v) is 5.11. The number of halogens is 2. The van der Waals surface area contributed by atoms with Crippen LogP contribution in [-0.2, 0) is 16.0 Å². The molecule has 0 aromatic heterocycles. The summed E-state index contributed by atoms with van der Waals surface area (Å²) >= 11 is 0. The smallest absolute Gasteiger partial charge is 0.245 e. The molecule has 0 spiro atoms. The van der Waals surface area contributed by atoms with Gasteiger partial charge in [0.15, 0.2) is 0 Å². The first-order valence-electron chi connectivity index (χ1n) is 9.11. The van der Waals surface area contributed by atoms with Crippen molar-refractivity contribution >= 4 is 11.8 Å². The second-order valence-corrected chi connectivity index (χ2v) is 6.90. The van der Waals surface area contributed by atoms with Crippen LogP contribution in [0.5, 0.6) is 0 Å². The summed E-state index contributed by atoms with van der Waals surface area (Å²) in [5.74, 6) is -1.79. The molecule has 1 unspecified atom stereocenters. The molecule has 1 aliphatic rings. The van der Waals surface area contributed by atoms with Gasteiger partial charge in [-0.15, -0.1) is 0 Å². The number of likely N-dealkylation sites (tertiary alicyclic amines) is 1. The standard InChI is InChI=1S/C19H27F2N3O2/c1-3-12(2)18(23-17(25)11-22)19(26)24-8-4-5-15(24)9-13-6-7-14(20)10-16(13)21/h6-7,10,12,15,18H,3-5,8-9,11,22H2,1-2H3,(H,23,25)/t12-,15?,18-/m0/s1. The minimum Gasteiger partial charge on any atom is -0.343 e. The molecule has 1 saturated heterocycles. The van der Waals surface area contributed by atoms with Crippen molar-refractivity contribution < 1.29 is 18.4 Å². The summed E-state index contributed by atoms with van der Waals surface area (Å²) < 4.78 is 27.1. The maximum Gasteiger partial charge on any atom is 0.245 e. The largest absolute Gasteiger partial charge is 0.343 e. The number of rotatable bonds is 7. The Morgan fingerprint density at radius 3 is 2.73 bits per heavy atom. The van der Waals surface area contributed by atoms with E-state index >= 15 is 0 Å². The predicted octanol–water partition coefficient (Wildman–Crippen LogP) is 1.99. The lowest BCUT2D eigenvalue weighted by Gasteiger charge is -2.32. The molecule has 3 atom stereocenters. The van der Waals surface area contributed by atoms with Gasteiger partial charge in [-0.25, -0.2) is 8.78 Å². The van der Waals surface area contributed by atoms with E-state index in [9.17, 15) is 18.4 Å². The molecule has 1 aromatic carbocycles. The number of hydrogen-bond acceptors (Lipinski definition) is 3. The first kappa shape index (κ1) is 20.3. The van der Waals surface area contributed by atoms with E-state index in [-0.39, 0.29) is 30.3 Å². The molecular weight excluding hydrogens is 340 g/mol. The van der Waals surface area contributed by atoms with Gasteiger partial charge >= 0.3 is 0 Å². The highest BCUT2D eigenvalue weighted by Crippen LogP contribution is 2.25. The summed E-state index contributed by atoms with van der Waals surface area (Å²) in [5.41, 5.74) is 5.76. The molecule has 1 fully saturated rings. The van der Waals surface area contributed by atoms with E-state index in [1.165, 1.54) is 12.1 Å². The minimum atomic E-state index is -0.644. The van der Waals surface area contributed by atoms with E-state index in [2.05, 4.69) is 5.32 Å². The number of nitrogens with two attached hydrogens (primary N) is 1. The summed E-state index contributed by atoms with van der Waals surface area (Å²) in [5, 5.41) is 2.72. The van der Waals surface area contributed by atoms with Gasteiger partial charge in [-0.2, -0.15) is 0 Å². The van der Waals surface area contributed by atoms with Gasteiger partial charge in [0.05, 0.1) is 6.54 Å². The van der Waals surface area contributed by atoms with Crippen LogP contribution in [0.25, 0.3) is 0 Å². The van der Waals surface area contributed by atoms with E-state index in [4.69, 9.17) is 5.73 Å². The Hall–Kier alpha value is -2.02. The lowest BCUT2D eigenvalue weighted by molar-refractivity contribution is -0.138. The van der Waals surface area contributed by atoms with E-state index in [0.29, 0.717) is 18.5 Å². The monoisotopic (exact) mass is 367 g/mol. The molecule has 2 rings (SSSR count). The molecule has 0 bridgehead atoms. The van der Waals surface area contributed by atoms with E-state index in [1.54, 1.807) is 4.90 Å². The van der Waals surface area contributed by atoms with E-state index in [1.807, 2.05) is 13.8 Å². The van der Waals surface area contributed by atoms with Crippen molar-refractivity contribution in [2.75, 3.05) is 13.1 Å². The molecule has 144 valence electrons. The lowest BCUT2D eigenvalue weighted by atomic mass is 9.96. The molecule has 3 N–H and O–H groups in total. The van der Waals surface area contributed by atoms with Crippen molar-refractivity contribution in [2.24, 2.45) is 11.7 Å². The molecular formula is C19H27F2N3O2. The molecule has 7 heteroatoms. The van der Waals surface area contributed by atoms with Crippen molar-refractivity contribution in [1.82, 2.24) is 10.2 Å². The summed E-state index contributed by atoms with van der Waals surface area (Å²) in [6, 6.07) is 2.70. The Morgan fingerprint density at radius 2 is 2.12 bits per heavy atom. The Balaban J connectivity index is 2.15. The van der Waals surface area contributed by atoms with Crippen LogP contribution in [0.3, 0.4) is 0 Å². The van der Waals surface area contributed by atoms with Crippen LogP contribution >= 0.6 is 0 Å². The molecule has 1 aliphatic heterocycles. The normalized spacial score (nSPS) is 19.3. The molecule has 1 aromatic rings. The number of carbonyl (C=O) groups is 2. The molecule has 0 radical (unpaired) electrons. The Labute approximate surface area is 152 Å². The molecule has 1 heterocycles. The molecule has 2 amide bonds. The third kappa shape index (κ3) is 4.78. The molecule has 0 aliphatic carbocycles. The van der Waals surface area contributed by atoms with Crippen molar-refractivity contribution in [3.05, 3.63) is 35.4 Å². The number of amides is 2. The minimum absolute atomic E-state index is 0.0400. The van der Waals surface area contributed by atoms with Crippen LogP contribution < -0.4 is 11.1 Å². The summed E-state index contributed by atoms with van der Waals surface area (Å²) in [6.07, 6.45) is 2.63. The van der Waals surface area contributed by atoms with Gasteiger partial charge in [-0.1, -0.05) is 26.3 Å². The van der Waals surface area contributed by atoms with Crippen LogP contribution in [0.1, 0.15) is 38.7 Å². The summed E-state index contributed by atoms with van der Waals surface area (Å²) in [6.45, 7) is 4.25. The summed E-state index contributed by atoms with van der Waals surface area (Å²) in [7, 11) is 0. The fourth-order valence-electron chi connectivity index (χ4n) is 3.37. The first-order chi connectivity index (χ1) is 12.4. The summed E-state index contributed by atoms with van der Waals surface area (Å²) in [4.78, 5) is 26.5. The van der Waals surface area contributed by atoms with Crippen LogP contribution in [0.4, 0.5) is 8.78 Å². The lowest BCUT2D eigenvalue weighted by Crippen LogP contribution is -2.54. The van der Waals surface area contributed by atoms with Crippen LogP contribution in [-0.4, -0.2) is 41.9 Å². The first-order valence-corrected chi connectivity index (χ1v) is 9.11. The van der Waals surface area contributed by atoms with Crippen molar-refractivity contribution in [1.29, 1.82) is 0 Å². The van der Waals surface area contributed by atoms with Gasteiger partial charge in [0, 0.05) is 18.7 Å². The predicted molar refractivity (Wildman–Crippen MR) is 95.2 cm³/mol. The molecule has 5 nitrogen and oxygen atoms in total. The van der Waals surface area contributed by atoms with Gasteiger partial charge in [0.2, 0.25) is 11.8 Å². The van der Waals surface area contributed by atoms with E-state index in [0.717, 1.165) is 25.3 Å². The maximum absolute atomic E-state index is 14.0. The SMILES string of the molecule is CC[C@H](C)[C@H](NC(=O)CN)C(=O)N1CCCC1Cc1ccc(F)cc1F. The average molecular weight is 367 g/mol. The van der Waals surface area contributed by atoms with Gasteiger partial charge < -0.3 is 16.0 Å².